The van der Waals surface area contributed by atoms with Gasteiger partial charge in [-0.05, 0) is 50.4 Å². The molecule has 0 saturated carbocycles. The first kappa shape index (κ1) is 11.6. The van der Waals surface area contributed by atoms with Crippen LogP contribution in [0, 0.1) is 0 Å². The molecule has 0 fully saturated rings. The fourth-order valence-electron chi connectivity index (χ4n) is 2.01. The van der Waals surface area contributed by atoms with Crippen LogP contribution in [0.4, 0.5) is 0 Å². The molecule has 2 rings (SSSR count). The minimum absolute atomic E-state index is 0.192. The average Bonchev–Trinajstić information content (AvgIpc) is 2.25. The zero-order valence-electron chi connectivity index (χ0n) is 10.6. The lowest BCUT2D eigenvalue weighted by molar-refractivity contribution is 0.424. The largest absolute Gasteiger partial charge is 0.312 e. The Hall–Kier alpha value is -0.860. The summed E-state index contributed by atoms with van der Waals surface area (Å²) in [6.07, 6.45) is 1.17. The maximum Gasteiger partial charge on any atom is 0.0210 e. The minimum Gasteiger partial charge on any atom is -0.312 e. The Kier molecular flexibility index (Phi) is 3.31. The van der Waals surface area contributed by atoms with E-state index in [1.54, 1.807) is 0 Å². The Morgan fingerprint density at radius 3 is 2.81 bits per heavy atom. The number of fused-ring (bicyclic) bond motifs is 1. The van der Waals surface area contributed by atoms with Gasteiger partial charge >= 0.3 is 0 Å². The Balaban J connectivity index is 2.06. The number of nitrogens with one attached hydrogen (secondary N) is 2. The second kappa shape index (κ2) is 4.56. The van der Waals surface area contributed by atoms with Crippen molar-refractivity contribution in [3.8, 4) is 0 Å². The molecule has 2 N–H and O–H groups in total. The summed E-state index contributed by atoms with van der Waals surface area (Å²) >= 11 is 0. The van der Waals surface area contributed by atoms with Crippen LogP contribution in [0.3, 0.4) is 0 Å². The van der Waals surface area contributed by atoms with E-state index in [1.165, 1.54) is 23.1 Å². The lowest BCUT2D eigenvalue weighted by Gasteiger charge is -2.22. The van der Waals surface area contributed by atoms with Gasteiger partial charge in [0.25, 0.3) is 0 Å². The number of benzene rings is 1. The van der Waals surface area contributed by atoms with E-state index >= 15 is 0 Å². The number of rotatable bonds is 2. The van der Waals surface area contributed by atoms with Gasteiger partial charge in [0.1, 0.15) is 0 Å². The van der Waals surface area contributed by atoms with Crippen LogP contribution in [0.25, 0.3) is 0 Å². The zero-order chi connectivity index (χ0) is 11.6. The lowest BCUT2D eigenvalue weighted by Crippen LogP contribution is -2.35. The van der Waals surface area contributed by atoms with Crippen LogP contribution in [-0.4, -0.2) is 12.1 Å². The van der Waals surface area contributed by atoms with E-state index in [2.05, 4.69) is 49.6 Å². The summed E-state index contributed by atoms with van der Waals surface area (Å²) < 4.78 is 0. The van der Waals surface area contributed by atoms with Gasteiger partial charge in [0.05, 0.1) is 0 Å². The molecule has 1 aliphatic heterocycles. The number of hydrogen-bond donors (Lipinski definition) is 2. The SMILES string of the molecule is CC(C)(C)NCc1ccc2c(c1)CCNC2. The van der Waals surface area contributed by atoms with E-state index in [-0.39, 0.29) is 5.54 Å². The van der Waals surface area contributed by atoms with Crippen LogP contribution in [-0.2, 0) is 19.5 Å². The molecule has 0 unspecified atom stereocenters. The van der Waals surface area contributed by atoms with E-state index in [9.17, 15) is 0 Å². The van der Waals surface area contributed by atoms with Crippen molar-refractivity contribution < 1.29 is 0 Å². The summed E-state index contributed by atoms with van der Waals surface area (Å²) in [7, 11) is 0. The maximum absolute atomic E-state index is 3.53. The molecule has 0 atom stereocenters. The fourth-order valence-corrected chi connectivity index (χ4v) is 2.01. The van der Waals surface area contributed by atoms with Crippen molar-refractivity contribution in [2.24, 2.45) is 0 Å². The van der Waals surface area contributed by atoms with Gasteiger partial charge in [0.2, 0.25) is 0 Å². The molecule has 16 heavy (non-hydrogen) atoms. The Labute approximate surface area is 98.4 Å². The quantitative estimate of drug-likeness (QED) is 0.795. The van der Waals surface area contributed by atoms with Crippen molar-refractivity contribution >= 4 is 0 Å². The summed E-state index contributed by atoms with van der Waals surface area (Å²) in [4.78, 5) is 0. The molecule has 0 radical (unpaired) electrons. The fraction of sp³-hybridized carbons (Fsp3) is 0.571. The molecule has 0 spiro atoms. The van der Waals surface area contributed by atoms with Crippen molar-refractivity contribution in [3.05, 3.63) is 34.9 Å². The molecule has 1 aromatic carbocycles. The second-order valence-corrected chi connectivity index (χ2v) is 5.63. The van der Waals surface area contributed by atoms with Gasteiger partial charge in [-0.2, -0.15) is 0 Å². The van der Waals surface area contributed by atoms with Crippen LogP contribution in [0.1, 0.15) is 37.5 Å². The lowest BCUT2D eigenvalue weighted by atomic mass is 9.98. The molecule has 1 heterocycles. The number of hydrogen-bond acceptors (Lipinski definition) is 2. The van der Waals surface area contributed by atoms with Gasteiger partial charge in [-0.25, -0.2) is 0 Å². The van der Waals surface area contributed by atoms with Gasteiger partial charge in [0.15, 0.2) is 0 Å². The van der Waals surface area contributed by atoms with E-state index in [1.807, 2.05) is 0 Å². The zero-order valence-corrected chi connectivity index (χ0v) is 10.6. The normalized spacial score (nSPS) is 15.9. The molecule has 0 saturated heterocycles. The highest BCUT2D eigenvalue weighted by Gasteiger charge is 2.11. The van der Waals surface area contributed by atoms with E-state index in [4.69, 9.17) is 0 Å². The highest BCUT2D eigenvalue weighted by atomic mass is 14.9. The van der Waals surface area contributed by atoms with E-state index in [0.29, 0.717) is 0 Å². The van der Waals surface area contributed by atoms with E-state index in [0.717, 1.165) is 19.6 Å². The molecular formula is C14H22N2. The van der Waals surface area contributed by atoms with Crippen LogP contribution in [0.2, 0.25) is 0 Å². The Bertz CT molecular complexity index is 363. The van der Waals surface area contributed by atoms with Crippen molar-refractivity contribution in [1.82, 2.24) is 10.6 Å². The Morgan fingerprint density at radius 2 is 2.06 bits per heavy atom. The first-order chi connectivity index (χ1) is 7.54. The van der Waals surface area contributed by atoms with Gasteiger partial charge in [-0.3, -0.25) is 0 Å². The molecule has 0 bridgehead atoms. The van der Waals surface area contributed by atoms with Crippen molar-refractivity contribution in [1.29, 1.82) is 0 Å². The first-order valence-electron chi connectivity index (χ1n) is 6.11. The molecule has 0 aromatic heterocycles. The summed E-state index contributed by atoms with van der Waals surface area (Å²) in [6, 6.07) is 6.86. The van der Waals surface area contributed by atoms with Crippen molar-refractivity contribution in [3.63, 3.8) is 0 Å². The summed E-state index contributed by atoms with van der Waals surface area (Å²) in [5.41, 5.74) is 4.57. The summed E-state index contributed by atoms with van der Waals surface area (Å²) in [5, 5.41) is 6.93. The molecule has 1 aromatic rings. The van der Waals surface area contributed by atoms with Gasteiger partial charge in [0, 0.05) is 18.6 Å². The van der Waals surface area contributed by atoms with E-state index < -0.39 is 0 Å². The third-order valence-electron chi connectivity index (χ3n) is 2.98. The average molecular weight is 218 g/mol. The highest BCUT2D eigenvalue weighted by Crippen LogP contribution is 2.16. The molecule has 0 aliphatic carbocycles. The smallest absolute Gasteiger partial charge is 0.0210 e. The predicted molar refractivity (Wildman–Crippen MR) is 68.4 cm³/mol. The van der Waals surface area contributed by atoms with Gasteiger partial charge < -0.3 is 10.6 Å². The third-order valence-corrected chi connectivity index (χ3v) is 2.98. The molecule has 0 amide bonds. The Morgan fingerprint density at radius 1 is 1.25 bits per heavy atom. The van der Waals surface area contributed by atoms with Crippen LogP contribution in [0.5, 0.6) is 0 Å². The van der Waals surface area contributed by atoms with Crippen molar-refractivity contribution in [2.45, 2.75) is 45.8 Å². The molecular weight excluding hydrogens is 196 g/mol. The first-order valence-corrected chi connectivity index (χ1v) is 6.11. The minimum atomic E-state index is 0.192. The van der Waals surface area contributed by atoms with Crippen LogP contribution < -0.4 is 10.6 Å². The molecule has 1 aliphatic rings. The second-order valence-electron chi connectivity index (χ2n) is 5.63. The predicted octanol–water partition coefficient (Wildman–Crippen LogP) is 2.22. The van der Waals surface area contributed by atoms with Gasteiger partial charge in [-0.1, -0.05) is 18.2 Å². The van der Waals surface area contributed by atoms with Gasteiger partial charge in [-0.15, -0.1) is 0 Å². The van der Waals surface area contributed by atoms with Crippen molar-refractivity contribution in [2.75, 3.05) is 6.54 Å². The molecule has 2 nitrogen and oxygen atoms in total. The van der Waals surface area contributed by atoms with Crippen LogP contribution >= 0.6 is 0 Å². The van der Waals surface area contributed by atoms with Crippen LogP contribution in [0.15, 0.2) is 18.2 Å². The third kappa shape index (κ3) is 3.06. The maximum atomic E-state index is 3.53. The topological polar surface area (TPSA) is 24.1 Å². The monoisotopic (exact) mass is 218 g/mol. The molecule has 2 heteroatoms. The molecule has 88 valence electrons. The standard InChI is InChI=1S/C14H22N2/c1-14(2,3)16-9-11-4-5-13-10-15-7-6-12(13)8-11/h4-5,8,15-16H,6-7,9-10H2,1-3H3. The summed E-state index contributed by atoms with van der Waals surface area (Å²) in [5.74, 6) is 0. The summed E-state index contributed by atoms with van der Waals surface area (Å²) in [6.45, 7) is 9.72. The highest BCUT2D eigenvalue weighted by molar-refractivity contribution is 5.33.